The molecule has 0 amide bonds. The minimum Gasteiger partial charge on any atom is -0.491 e. The Morgan fingerprint density at radius 1 is 1.29 bits per heavy atom. The molecule has 0 radical (unpaired) electrons. The number of aromatic nitrogens is 2. The molecule has 0 unspecified atom stereocenters. The SMILES string of the molecule is CCc1ccccc1OCCn1ncc(N(C)C)cc1=O. The van der Waals surface area contributed by atoms with Crippen LogP contribution in [0.4, 0.5) is 5.69 Å². The molecular formula is C16H21N3O2. The molecule has 5 heteroatoms. The summed E-state index contributed by atoms with van der Waals surface area (Å²) < 4.78 is 7.17. The van der Waals surface area contributed by atoms with E-state index in [1.54, 1.807) is 12.3 Å². The maximum absolute atomic E-state index is 11.9. The van der Waals surface area contributed by atoms with Crippen LogP contribution in [0.25, 0.3) is 0 Å². The monoisotopic (exact) mass is 287 g/mol. The Morgan fingerprint density at radius 3 is 2.71 bits per heavy atom. The van der Waals surface area contributed by atoms with E-state index in [1.807, 2.05) is 43.3 Å². The van der Waals surface area contributed by atoms with Crippen molar-refractivity contribution in [2.24, 2.45) is 0 Å². The molecule has 0 saturated heterocycles. The molecule has 0 aliphatic rings. The molecular weight excluding hydrogens is 266 g/mol. The van der Waals surface area contributed by atoms with E-state index in [9.17, 15) is 4.79 Å². The largest absolute Gasteiger partial charge is 0.491 e. The molecule has 1 aromatic carbocycles. The fraction of sp³-hybridized carbons (Fsp3) is 0.375. The molecule has 21 heavy (non-hydrogen) atoms. The van der Waals surface area contributed by atoms with Gasteiger partial charge in [0.15, 0.2) is 0 Å². The molecule has 5 nitrogen and oxygen atoms in total. The fourth-order valence-corrected chi connectivity index (χ4v) is 2.02. The van der Waals surface area contributed by atoms with Gasteiger partial charge in [0.05, 0.1) is 18.4 Å². The number of para-hydroxylation sites is 1. The van der Waals surface area contributed by atoms with E-state index in [1.165, 1.54) is 10.2 Å². The third-order valence-electron chi connectivity index (χ3n) is 3.29. The first-order valence-electron chi connectivity index (χ1n) is 7.07. The van der Waals surface area contributed by atoms with E-state index in [0.29, 0.717) is 13.2 Å². The van der Waals surface area contributed by atoms with E-state index in [2.05, 4.69) is 12.0 Å². The Labute approximate surface area is 124 Å². The summed E-state index contributed by atoms with van der Waals surface area (Å²) in [5.41, 5.74) is 1.85. The first-order chi connectivity index (χ1) is 10.1. The average molecular weight is 287 g/mol. The highest BCUT2D eigenvalue weighted by Crippen LogP contribution is 2.18. The van der Waals surface area contributed by atoms with E-state index < -0.39 is 0 Å². The van der Waals surface area contributed by atoms with E-state index in [4.69, 9.17) is 4.74 Å². The van der Waals surface area contributed by atoms with E-state index >= 15 is 0 Å². The number of hydrogen-bond acceptors (Lipinski definition) is 4. The minimum atomic E-state index is -0.117. The molecule has 0 bridgehead atoms. The van der Waals surface area contributed by atoms with Gasteiger partial charge in [-0.25, -0.2) is 4.68 Å². The third-order valence-corrected chi connectivity index (χ3v) is 3.29. The molecule has 112 valence electrons. The summed E-state index contributed by atoms with van der Waals surface area (Å²) in [7, 11) is 3.76. The van der Waals surface area contributed by atoms with Crippen LogP contribution in [0.15, 0.2) is 41.3 Å². The van der Waals surface area contributed by atoms with Gasteiger partial charge in [-0.2, -0.15) is 5.10 Å². The molecule has 2 rings (SSSR count). The van der Waals surface area contributed by atoms with Gasteiger partial charge >= 0.3 is 0 Å². The minimum absolute atomic E-state index is 0.117. The molecule has 0 atom stereocenters. The van der Waals surface area contributed by atoms with Gasteiger partial charge in [-0.15, -0.1) is 0 Å². The topological polar surface area (TPSA) is 47.4 Å². The van der Waals surface area contributed by atoms with Crippen molar-refractivity contribution in [3.05, 3.63) is 52.4 Å². The van der Waals surface area contributed by atoms with Gasteiger partial charge in [0.25, 0.3) is 5.56 Å². The lowest BCUT2D eigenvalue weighted by Crippen LogP contribution is -2.26. The lowest BCUT2D eigenvalue weighted by atomic mass is 10.1. The second kappa shape index (κ2) is 6.92. The average Bonchev–Trinajstić information content (AvgIpc) is 2.49. The van der Waals surface area contributed by atoms with Crippen LogP contribution < -0.4 is 15.2 Å². The van der Waals surface area contributed by atoms with Crippen molar-refractivity contribution < 1.29 is 4.74 Å². The molecule has 0 aliphatic heterocycles. The zero-order valence-corrected chi connectivity index (χ0v) is 12.7. The molecule has 1 aromatic heterocycles. The number of rotatable bonds is 6. The molecule has 0 aliphatic carbocycles. The van der Waals surface area contributed by atoms with Crippen molar-refractivity contribution in [2.45, 2.75) is 19.9 Å². The van der Waals surface area contributed by atoms with Gasteiger partial charge in [-0.05, 0) is 18.1 Å². The number of nitrogens with zero attached hydrogens (tertiary/aromatic N) is 3. The highest BCUT2D eigenvalue weighted by Gasteiger charge is 2.04. The molecule has 1 heterocycles. The van der Waals surface area contributed by atoms with E-state index in [-0.39, 0.29) is 5.56 Å². The van der Waals surface area contributed by atoms with Gasteiger partial charge in [0.1, 0.15) is 12.4 Å². The van der Waals surface area contributed by atoms with Crippen LogP contribution in [-0.4, -0.2) is 30.5 Å². The maximum atomic E-state index is 11.9. The summed E-state index contributed by atoms with van der Waals surface area (Å²) in [6.07, 6.45) is 2.60. The van der Waals surface area contributed by atoms with Crippen LogP contribution in [0.3, 0.4) is 0 Å². The first kappa shape index (κ1) is 15.1. The van der Waals surface area contributed by atoms with Crippen LogP contribution in [0, 0.1) is 0 Å². The summed E-state index contributed by atoms with van der Waals surface area (Å²) in [5.74, 6) is 0.873. The smallest absolute Gasteiger partial charge is 0.268 e. The maximum Gasteiger partial charge on any atom is 0.268 e. The van der Waals surface area contributed by atoms with Crippen LogP contribution in [0.2, 0.25) is 0 Å². The standard InChI is InChI=1S/C16H21N3O2/c1-4-13-7-5-6-8-15(13)21-10-9-19-16(20)11-14(12-17-19)18(2)3/h5-8,11-12H,4,9-10H2,1-3H3. The zero-order chi connectivity index (χ0) is 15.2. The van der Waals surface area contributed by atoms with Crippen LogP contribution >= 0.6 is 0 Å². The summed E-state index contributed by atoms with van der Waals surface area (Å²) in [4.78, 5) is 13.8. The number of hydrogen-bond donors (Lipinski definition) is 0. The van der Waals surface area contributed by atoms with Crippen molar-refractivity contribution in [3.8, 4) is 5.75 Å². The number of ether oxygens (including phenoxy) is 1. The Kier molecular flexibility index (Phi) is 4.98. The summed E-state index contributed by atoms with van der Waals surface area (Å²) in [6.45, 7) is 2.95. The normalized spacial score (nSPS) is 10.4. The van der Waals surface area contributed by atoms with Crippen LogP contribution in [-0.2, 0) is 13.0 Å². The molecule has 0 fully saturated rings. The Morgan fingerprint density at radius 2 is 2.05 bits per heavy atom. The Hall–Kier alpha value is -2.30. The second-order valence-electron chi connectivity index (χ2n) is 4.98. The predicted octanol–water partition coefficient (Wildman–Crippen LogP) is 1.95. The number of anilines is 1. The lowest BCUT2D eigenvalue weighted by Gasteiger charge is -2.13. The van der Waals surface area contributed by atoms with Gasteiger partial charge in [0.2, 0.25) is 0 Å². The highest BCUT2D eigenvalue weighted by molar-refractivity contribution is 5.40. The number of benzene rings is 1. The lowest BCUT2D eigenvalue weighted by molar-refractivity contribution is 0.285. The summed E-state index contributed by atoms with van der Waals surface area (Å²) in [5, 5.41) is 4.16. The van der Waals surface area contributed by atoms with Gasteiger partial charge in [-0.1, -0.05) is 25.1 Å². The first-order valence-corrected chi connectivity index (χ1v) is 7.07. The number of aryl methyl sites for hydroxylation is 1. The van der Waals surface area contributed by atoms with Gasteiger partial charge in [0, 0.05) is 20.2 Å². The van der Waals surface area contributed by atoms with Crippen molar-refractivity contribution in [1.82, 2.24) is 9.78 Å². The van der Waals surface area contributed by atoms with Gasteiger partial charge in [-0.3, -0.25) is 4.79 Å². The third kappa shape index (κ3) is 3.84. The fourth-order valence-electron chi connectivity index (χ4n) is 2.02. The second-order valence-corrected chi connectivity index (χ2v) is 4.98. The van der Waals surface area contributed by atoms with Gasteiger partial charge < -0.3 is 9.64 Å². The zero-order valence-electron chi connectivity index (χ0n) is 12.7. The van der Waals surface area contributed by atoms with E-state index in [0.717, 1.165) is 17.9 Å². The summed E-state index contributed by atoms with van der Waals surface area (Å²) >= 11 is 0. The highest BCUT2D eigenvalue weighted by atomic mass is 16.5. The summed E-state index contributed by atoms with van der Waals surface area (Å²) in [6, 6.07) is 9.52. The molecule has 0 N–H and O–H groups in total. The van der Waals surface area contributed by atoms with Crippen LogP contribution in [0.1, 0.15) is 12.5 Å². The van der Waals surface area contributed by atoms with Crippen molar-refractivity contribution in [1.29, 1.82) is 0 Å². The Balaban J connectivity index is 1.99. The van der Waals surface area contributed by atoms with Crippen molar-refractivity contribution in [2.75, 3.05) is 25.6 Å². The van der Waals surface area contributed by atoms with Crippen molar-refractivity contribution in [3.63, 3.8) is 0 Å². The molecule has 0 spiro atoms. The molecule has 0 saturated carbocycles. The molecule has 2 aromatic rings. The Bertz CT molecular complexity index is 650. The quantitative estimate of drug-likeness (QED) is 0.815. The predicted molar refractivity (Wildman–Crippen MR) is 84.1 cm³/mol. The van der Waals surface area contributed by atoms with Crippen molar-refractivity contribution >= 4 is 5.69 Å². The van der Waals surface area contributed by atoms with Crippen LogP contribution in [0.5, 0.6) is 5.75 Å².